The fourth-order valence-electron chi connectivity index (χ4n) is 4.66. The summed E-state index contributed by atoms with van der Waals surface area (Å²) in [6, 6.07) is 13.7. The number of amides is 2. The van der Waals surface area contributed by atoms with E-state index in [0.717, 1.165) is 36.9 Å². The van der Waals surface area contributed by atoms with Crippen molar-refractivity contribution in [3.8, 4) is 5.69 Å². The monoisotopic (exact) mass is 449 g/mol. The van der Waals surface area contributed by atoms with E-state index in [2.05, 4.69) is 15.6 Å². The maximum Gasteiger partial charge on any atom is 0.257 e. The number of para-hydroxylation sites is 1. The second-order valence-corrected chi connectivity index (χ2v) is 8.82. The second-order valence-electron chi connectivity index (χ2n) is 8.38. The van der Waals surface area contributed by atoms with Gasteiger partial charge in [0.2, 0.25) is 5.91 Å². The molecule has 1 saturated carbocycles. The van der Waals surface area contributed by atoms with Crippen molar-refractivity contribution in [1.82, 2.24) is 25.2 Å². The number of carbonyl (C=O) groups is 2. The molecule has 0 bridgehead atoms. The van der Waals surface area contributed by atoms with Crippen molar-refractivity contribution >= 4 is 23.4 Å². The van der Waals surface area contributed by atoms with Crippen LogP contribution in [0, 0.1) is 0 Å². The maximum absolute atomic E-state index is 13.7. The zero-order valence-corrected chi connectivity index (χ0v) is 18.3. The second kappa shape index (κ2) is 8.74. The van der Waals surface area contributed by atoms with Crippen LogP contribution in [0.15, 0.2) is 54.7 Å². The standard InChI is InChI=1S/C24H24ClN5O2/c25-17-12-10-16(11-13-17)22(23(31)27-18-6-2-1-3-7-18)29-15-19-14-26-28-30(19)21-9-5-4-8-20(21)24(29)32/h4-5,8-14,18,22H,1-3,6-7,15H2,(H,27,31). The molecule has 1 atom stereocenters. The van der Waals surface area contributed by atoms with Gasteiger partial charge in [-0.3, -0.25) is 9.59 Å². The molecule has 1 aliphatic heterocycles. The maximum atomic E-state index is 13.7. The van der Waals surface area contributed by atoms with Crippen LogP contribution in [0.25, 0.3) is 5.69 Å². The molecule has 1 aliphatic carbocycles. The Morgan fingerprint density at radius 1 is 1.06 bits per heavy atom. The van der Waals surface area contributed by atoms with Gasteiger partial charge in [0.15, 0.2) is 0 Å². The molecule has 164 valence electrons. The van der Waals surface area contributed by atoms with Crippen LogP contribution in [0.3, 0.4) is 0 Å². The number of hydrogen-bond donors (Lipinski definition) is 1. The van der Waals surface area contributed by atoms with E-state index in [0.29, 0.717) is 16.3 Å². The van der Waals surface area contributed by atoms with Gasteiger partial charge in [-0.05, 0) is 42.7 Å². The summed E-state index contributed by atoms with van der Waals surface area (Å²) >= 11 is 6.11. The van der Waals surface area contributed by atoms with E-state index in [-0.39, 0.29) is 24.4 Å². The molecule has 1 N–H and O–H groups in total. The molecule has 2 aliphatic rings. The van der Waals surface area contributed by atoms with Gasteiger partial charge in [-0.15, -0.1) is 5.10 Å². The Kier molecular flexibility index (Phi) is 5.66. The van der Waals surface area contributed by atoms with E-state index >= 15 is 0 Å². The number of nitrogens with zero attached hydrogens (tertiary/aromatic N) is 4. The molecule has 32 heavy (non-hydrogen) atoms. The SMILES string of the molecule is O=C(NC1CCCCC1)C(c1ccc(Cl)cc1)N1Cc2cnnn2-c2ccccc2C1=O. The Bertz CT molecular complexity index is 1140. The van der Waals surface area contributed by atoms with Crippen LogP contribution in [0.5, 0.6) is 0 Å². The number of fused-ring (bicyclic) bond motifs is 3. The minimum absolute atomic E-state index is 0.132. The van der Waals surface area contributed by atoms with Crippen molar-refractivity contribution in [2.45, 2.75) is 50.7 Å². The fourth-order valence-corrected chi connectivity index (χ4v) is 4.79. The average molecular weight is 450 g/mol. The predicted octanol–water partition coefficient (Wildman–Crippen LogP) is 4.07. The van der Waals surface area contributed by atoms with Crippen molar-refractivity contribution in [3.63, 3.8) is 0 Å². The Morgan fingerprint density at radius 2 is 1.81 bits per heavy atom. The van der Waals surface area contributed by atoms with Gasteiger partial charge in [0.1, 0.15) is 6.04 Å². The van der Waals surface area contributed by atoms with Gasteiger partial charge in [-0.25, -0.2) is 4.68 Å². The lowest BCUT2D eigenvalue weighted by molar-refractivity contribution is -0.127. The van der Waals surface area contributed by atoms with Gasteiger partial charge >= 0.3 is 0 Å². The van der Waals surface area contributed by atoms with Crippen LogP contribution >= 0.6 is 11.6 Å². The number of carbonyl (C=O) groups excluding carboxylic acids is 2. The van der Waals surface area contributed by atoms with Gasteiger partial charge in [0.25, 0.3) is 5.91 Å². The van der Waals surface area contributed by atoms with E-state index in [1.165, 1.54) is 6.42 Å². The lowest BCUT2D eigenvalue weighted by atomic mass is 9.94. The van der Waals surface area contributed by atoms with Crippen LogP contribution < -0.4 is 5.32 Å². The average Bonchev–Trinajstić information content (AvgIpc) is 3.24. The first-order valence-electron chi connectivity index (χ1n) is 11.0. The summed E-state index contributed by atoms with van der Waals surface area (Å²) in [6.45, 7) is 0.214. The largest absolute Gasteiger partial charge is 0.351 e. The van der Waals surface area contributed by atoms with Crippen LogP contribution in [-0.4, -0.2) is 37.7 Å². The third-order valence-corrected chi connectivity index (χ3v) is 6.53. The summed E-state index contributed by atoms with van der Waals surface area (Å²) in [4.78, 5) is 29.0. The molecule has 2 heterocycles. The first-order chi connectivity index (χ1) is 15.6. The topological polar surface area (TPSA) is 80.1 Å². The van der Waals surface area contributed by atoms with E-state index in [1.807, 2.05) is 30.3 Å². The molecule has 7 nitrogen and oxygen atoms in total. The van der Waals surface area contributed by atoms with Crippen molar-refractivity contribution in [2.75, 3.05) is 0 Å². The molecular formula is C24H24ClN5O2. The Morgan fingerprint density at radius 3 is 2.59 bits per heavy atom. The Balaban J connectivity index is 1.57. The quantitative estimate of drug-likeness (QED) is 0.651. The molecule has 3 aromatic rings. The van der Waals surface area contributed by atoms with Crippen LogP contribution in [0.4, 0.5) is 0 Å². The van der Waals surface area contributed by atoms with Gasteiger partial charge in [0.05, 0.1) is 29.7 Å². The summed E-state index contributed by atoms with van der Waals surface area (Å²) in [5, 5.41) is 12.0. The van der Waals surface area contributed by atoms with Crippen molar-refractivity contribution in [3.05, 3.63) is 76.6 Å². The van der Waals surface area contributed by atoms with E-state index in [9.17, 15) is 9.59 Å². The van der Waals surface area contributed by atoms with Gasteiger partial charge in [-0.2, -0.15) is 0 Å². The smallest absolute Gasteiger partial charge is 0.257 e. The molecule has 5 rings (SSSR count). The van der Waals surface area contributed by atoms with Crippen LogP contribution in [0.1, 0.15) is 59.8 Å². The predicted molar refractivity (Wildman–Crippen MR) is 120 cm³/mol. The minimum Gasteiger partial charge on any atom is -0.351 e. The summed E-state index contributed by atoms with van der Waals surface area (Å²) < 4.78 is 1.67. The number of nitrogens with one attached hydrogen (secondary N) is 1. The molecular weight excluding hydrogens is 426 g/mol. The summed E-state index contributed by atoms with van der Waals surface area (Å²) in [6.07, 6.45) is 6.99. The molecule has 0 saturated heterocycles. The molecule has 1 aromatic heterocycles. The third-order valence-electron chi connectivity index (χ3n) is 6.27. The normalized spacial score (nSPS) is 17.3. The van der Waals surface area contributed by atoms with Crippen molar-refractivity contribution in [2.24, 2.45) is 0 Å². The molecule has 2 aromatic carbocycles. The van der Waals surface area contributed by atoms with Gasteiger partial charge in [0, 0.05) is 11.1 Å². The van der Waals surface area contributed by atoms with Crippen LogP contribution in [0.2, 0.25) is 5.02 Å². The summed E-state index contributed by atoms with van der Waals surface area (Å²) in [5.74, 6) is -0.393. The highest BCUT2D eigenvalue weighted by Crippen LogP contribution is 2.31. The minimum atomic E-state index is -0.795. The number of aromatic nitrogens is 3. The molecule has 1 unspecified atom stereocenters. The molecule has 8 heteroatoms. The zero-order chi connectivity index (χ0) is 22.1. The lowest BCUT2D eigenvalue weighted by Gasteiger charge is -2.32. The molecule has 2 amide bonds. The third kappa shape index (κ3) is 3.88. The van der Waals surface area contributed by atoms with E-state index in [1.54, 1.807) is 34.0 Å². The summed E-state index contributed by atoms with van der Waals surface area (Å²) in [7, 11) is 0. The first kappa shape index (κ1) is 20.7. The fraction of sp³-hybridized carbons (Fsp3) is 0.333. The number of halogens is 1. The van der Waals surface area contributed by atoms with E-state index in [4.69, 9.17) is 11.6 Å². The highest BCUT2D eigenvalue weighted by atomic mass is 35.5. The number of hydrogen-bond acceptors (Lipinski definition) is 4. The molecule has 0 radical (unpaired) electrons. The van der Waals surface area contributed by atoms with Crippen LogP contribution in [-0.2, 0) is 11.3 Å². The van der Waals surface area contributed by atoms with Gasteiger partial charge < -0.3 is 10.2 Å². The highest BCUT2D eigenvalue weighted by molar-refractivity contribution is 6.30. The molecule has 0 spiro atoms. The summed E-state index contributed by atoms with van der Waals surface area (Å²) in [5.41, 5.74) is 2.61. The number of rotatable bonds is 4. The van der Waals surface area contributed by atoms with Gasteiger partial charge in [-0.1, -0.05) is 60.3 Å². The Hall–Kier alpha value is -3.19. The lowest BCUT2D eigenvalue weighted by Crippen LogP contribution is -2.46. The van der Waals surface area contributed by atoms with E-state index < -0.39 is 6.04 Å². The highest BCUT2D eigenvalue weighted by Gasteiger charge is 2.37. The van der Waals surface area contributed by atoms with Crippen molar-refractivity contribution in [1.29, 1.82) is 0 Å². The zero-order valence-electron chi connectivity index (χ0n) is 17.6. The first-order valence-corrected chi connectivity index (χ1v) is 11.4. The number of benzene rings is 2. The Labute approximate surface area is 191 Å². The van der Waals surface area contributed by atoms with Crippen molar-refractivity contribution < 1.29 is 9.59 Å². The molecule has 1 fully saturated rings.